The first-order chi connectivity index (χ1) is 9.92. The van der Waals surface area contributed by atoms with Crippen molar-refractivity contribution in [3.8, 4) is 0 Å². The zero-order valence-corrected chi connectivity index (χ0v) is 12.0. The van der Waals surface area contributed by atoms with Crippen LogP contribution in [0.2, 0.25) is 0 Å². The maximum atomic E-state index is 13.1. The number of rotatable bonds is 6. The molecule has 2 aromatic rings. The summed E-state index contributed by atoms with van der Waals surface area (Å²) in [5.41, 5.74) is 0.433. The van der Waals surface area contributed by atoms with Crippen molar-refractivity contribution in [1.29, 1.82) is 0 Å². The summed E-state index contributed by atoms with van der Waals surface area (Å²) in [7, 11) is 0. The van der Waals surface area contributed by atoms with E-state index in [1.807, 2.05) is 13.8 Å². The zero-order chi connectivity index (χ0) is 15.4. The summed E-state index contributed by atoms with van der Waals surface area (Å²) < 4.78 is 31.2. The molecule has 4 nitrogen and oxygen atoms in total. The minimum Gasteiger partial charge on any atom is -0.393 e. The molecule has 0 fully saturated rings. The van der Waals surface area contributed by atoms with Gasteiger partial charge in [-0.2, -0.15) is 4.98 Å². The molecular weight excluding hydrogens is 278 g/mol. The molecular formula is C15H18F2N2O2. The van der Waals surface area contributed by atoms with Crippen molar-refractivity contribution in [2.75, 3.05) is 0 Å². The first-order valence-electron chi connectivity index (χ1n) is 6.87. The molecule has 1 atom stereocenters. The third-order valence-electron chi connectivity index (χ3n) is 2.95. The van der Waals surface area contributed by atoms with Gasteiger partial charge in [0.1, 0.15) is 11.6 Å². The van der Waals surface area contributed by atoms with Crippen molar-refractivity contribution in [2.24, 2.45) is 5.92 Å². The van der Waals surface area contributed by atoms with Crippen LogP contribution in [-0.2, 0) is 12.8 Å². The molecule has 1 aromatic heterocycles. The minimum atomic E-state index is -0.638. The Hall–Kier alpha value is -1.82. The van der Waals surface area contributed by atoms with E-state index in [-0.39, 0.29) is 12.8 Å². The third kappa shape index (κ3) is 4.90. The summed E-state index contributed by atoms with van der Waals surface area (Å²) in [5.74, 6) is -0.235. The number of benzene rings is 1. The second-order valence-corrected chi connectivity index (χ2v) is 5.55. The monoisotopic (exact) mass is 296 g/mol. The Bertz CT molecular complexity index is 579. The van der Waals surface area contributed by atoms with Crippen LogP contribution in [-0.4, -0.2) is 21.4 Å². The molecule has 2 rings (SSSR count). The summed E-state index contributed by atoms with van der Waals surface area (Å²) in [6, 6.07) is 3.27. The largest absolute Gasteiger partial charge is 0.393 e. The van der Waals surface area contributed by atoms with Gasteiger partial charge < -0.3 is 9.63 Å². The van der Waals surface area contributed by atoms with Crippen molar-refractivity contribution in [1.82, 2.24) is 10.1 Å². The van der Waals surface area contributed by atoms with Gasteiger partial charge in [-0.3, -0.25) is 0 Å². The summed E-state index contributed by atoms with van der Waals surface area (Å²) in [6.45, 7) is 4.03. The molecule has 0 spiro atoms. The second kappa shape index (κ2) is 6.76. The van der Waals surface area contributed by atoms with Gasteiger partial charge in [-0.25, -0.2) is 8.78 Å². The minimum absolute atomic E-state index is 0.179. The molecule has 0 saturated carbocycles. The molecule has 6 heteroatoms. The maximum absolute atomic E-state index is 13.1. The van der Waals surface area contributed by atoms with Crippen LogP contribution in [0, 0.1) is 17.6 Å². The highest BCUT2D eigenvalue weighted by atomic mass is 19.1. The lowest BCUT2D eigenvalue weighted by molar-refractivity contribution is 0.138. The number of aromatic nitrogens is 2. The zero-order valence-electron chi connectivity index (χ0n) is 12.0. The summed E-state index contributed by atoms with van der Waals surface area (Å²) in [4.78, 5) is 4.13. The molecule has 1 N–H and O–H groups in total. The first-order valence-corrected chi connectivity index (χ1v) is 6.87. The van der Waals surface area contributed by atoms with Crippen LogP contribution in [0.3, 0.4) is 0 Å². The summed E-state index contributed by atoms with van der Waals surface area (Å²) in [5, 5.41) is 13.6. The van der Waals surface area contributed by atoms with E-state index >= 15 is 0 Å². The number of nitrogens with zero attached hydrogens (tertiary/aromatic N) is 2. The van der Waals surface area contributed by atoms with E-state index in [0.29, 0.717) is 29.6 Å². The van der Waals surface area contributed by atoms with E-state index in [1.54, 1.807) is 0 Å². The van der Waals surface area contributed by atoms with Crippen molar-refractivity contribution in [3.05, 3.63) is 47.1 Å². The van der Waals surface area contributed by atoms with Gasteiger partial charge in [0.05, 0.1) is 12.5 Å². The van der Waals surface area contributed by atoms with Crippen LogP contribution in [0.5, 0.6) is 0 Å². The van der Waals surface area contributed by atoms with E-state index in [4.69, 9.17) is 4.52 Å². The lowest BCUT2D eigenvalue weighted by Crippen LogP contribution is -2.13. The molecule has 1 aromatic carbocycles. The van der Waals surface area contributed by atoms with Crippen LogP contribution in [0.15, 0.2) is 22.7 Å². The van der Waals surface area contributed by atoms with Crippen molar-refractivity contribution in [2.45, 2.75) is 39.2 Å². The highest BCUT2D eigenvalue weighted by molar-refractivity contribution is 5.21. The van der Waals surface area contributed by atoms with E-state index in [9.17, 15) is 13.9 Å². The van der Waals surface area contributed by atoms with Crippen LogP contribution < -0.4 is 0 Å². The number of halogens is 2. The Morgan fingerprint density at radius 3 is 2.48 bits per heavy atom. The van der Waals surface area contributed by atoms with Crippen molar-refractivity contribution in [3.63, 3.8) is 0 Å². The molecule has 0 bridgehead atoms. The van der Waals surface area contributed by atoms with E-state index in [0.717, 1.165) is 6.07 Å². The molecule has 0 aliphatic carbocycles. The van der Waals surface area contributed by atoms with Gasteiger partial charge in [-0.15, -0.1) is 0 Å². The number of hydrogen-bond donors (Lipinski definition) is 1. The van der Waals surface area contributed by atoms with Gasteiger partial charge in [0.2, 0.25) is 5.89 Å². The second-order valence-electron chi connectivity index (χ2n) is 5.55. The fourth-order valence-electron chi connectivity index (χ4n) is 2.17. The molecule has 0 saturated heterocycles. The van der Waals surface area contributed by atoms with E-state index in [2.05, 4.69) is 10.1 Å². The molecule has 21 heavy (non-hydrogen) atoms. The van der Waals surface area contributed by atoms with Gasteiger partial charge in [-0.1, -0.05) is 19.0 Å². The summed E-state index contributed by atoms with van der Waals surface area (Å²) in [6.07, 6.45) is 0.568. The van der Waals surface area contributed by atoms with Crippen LogP contribution in [0.25, 0.3) is 0 Å². The van der Waals surface area contributed by atoms with E-state index in [1.165, 1.54) is 12.1 Å². The lowest BCUT2D eigenvalue weighted by atomic mass is 10.0. The number of aliphatic hydroxyl groups is 1. The molecule has 114 valence electrons. The van der Waals surface area contributed by atoms with Gasteiger partial charge in [0, 0.05) is 12.5 Å². The quantitative estimate of drug-likeness (QED) is 0.890. The molecule has 0 aliphatic heterocycles. The van der Waals surface area contributed by atoms with Gasteiger partial charge in [0.15, 0.2) is 5.82 Å². The third-order valence-corrected chi connectivity index (χ3v) is 2.95. The Kier molecular flexibility index (Phi) is 5.01. The summed E-state index contributed by atoms with van der Waals surface area (Å²) >= 11 is 0. The molecule has 0 radical (unpaired) electrons. The Balaban J connectivity index is 1.99. The van der Waals surface area contributed by atoms with Crippen LogP contribution in [0.1, 0.15) is 37.5 Å². The lowest BCUT2D eigenvalue weighted by Gasteiger charge is -2.09. The Morgan fingerprint density at radius 2 is 1.86 bits per heavy atom. The van der Waals surface area contributed by atoms with Gasteiger partial charge in [-0.05, 0) is 30.0 Å². The molecule has 1 heterocycles. The predicted molar refractivity (Wildman–Crippen MR) is 72.6 cm³/mol. The van der Waals surface area contributed by atoms with Crippen molar-refractivity contribution < 1.29 is 18.4 Å². The SMILES string of the molecule is CC(C)CC(O)Cc1nc(Cc2cc(F)cc(F)c2)no1. The Labute approximate surface area is 121 Å². The predicted octanol–water partition coefficient (Wildman–Crippen LogP) is 2.89. The smallest absolute Gasteiger partial charge is 0.229 e. The van der Waals surface area contributed by atoms with Crippen LogP contribution in [0.4, 0.5) is 8.78 Å². The first kappa shape index (κ1) is 15.6. The van der Waals surface area contributed by atoms with Crippen LogP contribution >= 0.6 is 0 Å². The number of aliphatic hydroxyl groups excluding tert-OH is 1. The van der Waals surface area contributed by atoms with Gasteiger partial charge >= 0.3 is 0 Å². The highest BCUT2D eigenvalue weighted by Gasteiger charge is 2.14. The fourth-order valence-corrected chi connectivity index (χ4v) is 2.17. The Morgan fingerprint density at radius 1 is 1.19 bits per heavy atom. The van der Waals surface area contributed by atoms with Crippen molar-refractivity contribution >= 4 is 0 Å². The number of hydrogen-bond acceptors (Lipinski definition) is 4. The van der Waals surface area contributed by atoms with E-state index < -0.39 is 17.7 Å². The average Bonchev–Trinajstić information content (AvgIpc) is 2.73. The standard InChI is InChI=1S/C15H18F2N2O2/c1-9(2)3-13(20)8-15-18-14(19-21-15)6-10-4-11(16)7-12(17)5-10/h4-5,7,9,13,20H,3,6,8H2,1-2H3. The van der Waals surface area contributed by atoms with Gasteiger partial charge in [0.25, 0.3) is 0 Å². The average molecular weight is 296 g/mol. The fraction of sp³-hybridized carbons (Fsp3) is 0.467. The topological polar surface area (TPSA) is 59.2 Å². The molecule has 0 aliphatic rings. The maximum Gasteiger partial charge on any atom is 0.229 e. The molecule has 1 unspecified atom stereocenters. The highest BCUT2D eigenvalue weighted by Crippen LogP contribution is 2.13. The molecule has 0 amide bonds. The normalized spacial score (nSPS) is 12.9.